The number of Topliss-reactive ketones (excluding diaryl/α,β-unsaturated/α-hetero) is 1. The monoisotopic (exact) mass is 296 g/mol. The molecule has 3 nitrogen and oxygen atoms in total. The lowest BCUT2D eigenvalue weighted by Gasteiger charge is -2.05. The van der Waals surface area contributed by atoms with Crippen LogP contribution in [0.2, 0.25) is 5.15 Å². The fourth-order valence-corrected chi connectivity index (χ4v) is 2.46. The van der Waals surface area contributed by atoms with Crippen molar-refractivity contribution in [2.24, 2.45) is 0 Å². The zero-order valence-electron chi connectivity index (χ0n) is 9.77. The summed E-state index contributed by atoms with van der Waals surface area (Å²) in [6.07, 6.45) is 0. The fourth-order valence-electron chi connectivity index (χ4n) is 1.44. The molecule has 0 atom stereocenters. The minimum atomic E-state index is -0.528. The average molecular weight is 297 g/mol. The van der Waals surface area contributed by atoms with Gasteiger partial charge in [-0.25, -0.2) is 9.37 Å². The van der Waals surface area contributed by atoms with E-state index in [2.05, 4.69) is 4.98 Å². The van der Waals surface area contributed by atoms with E-state index in [0.717, 1.165) is 11.8 Å². The standard InChI is InChI=1S/C13H10ClFN2OS/c14-12-6-5-10(16)13(17-12)19-7-11(18)8-3-1-2-4-9(8)15/h1-6H,7,16H2. The average Bonchev–Trinajstić information content (AvgIpc) is 2.40. The number of aromatic nitrogens is 1. The summed E-state index contributed by atoms with van der Waals surface area (Å²) >= 11 is 6.89. The van der Waals surface area contributed by atoms with Crippen LogP contribution in [0.15, 0.2) is 41.4 Å². The van der Waals surface area contributed by atoms with Crippen molar-refractivity contribution in [2.45, 2.75) is 5.03 Å². The quantitative estimate of drug-likeness (QED) is 0.533. The number of anilines is 1. The highest BCUT2D eigenvalue weighted by molar-refractivity contribution is 8.00. The highest BCUT2D eigenvalue weighted by Crippen LogP contribution is 2.25. The van der Waals surface area contributed by atoms with Gasteiger partial charge in [-0.3, -0.25) is 4.79 Å². The molecule has 98 valence electrons. The van der Waals surface area contributed by atoms with Crippen LogP contribution in [0.1, 0.15) is 10.4 Å². The number of carbonyl (C=O) groups excluding carboxylic acids is 1. The number of nitrogens with two attached hydrogens (primary N) is 1. The molecule has 0 spiro atoms. The number of hydrogen-bond donors (Lipinski definition) is 1. The molecule has 2 rings (SSSR count). The Kier molecular flexibility index (Phi) is 4.39. The molecule has 6 heteroatoms. The summed E-state index contributed by atoms with van der Waals surface area (Å²) in [5, 5.41) is 0.771. The van der Waals surface area contributed by atoms with Crippen LogP contribution in [0.25, 0.3) is 0 Å². The number of ketones is 1. The lowest BCUT2D eigenvalue weighted by atomic mass is 10.1. The number of halogens is 2. The molecular formula is C13H10ClFN2OS. The van der Waals surface area contributed by atoms with E-state index in [0.29, 0.717) is 15.9 Å². The van der Waals surface area contributed by atoms with E-state index in [1.807, 2.05) is 0 Å². The molecule has 1 aromatic carbocycles. The molecule has 0 saturated carbocycles. The van der Waals surface area contributed by atoms with E-state index < -0.39 is 5.82 Å². The predicted molar refractivity (Wildman–Crippen MR) is 75.1 cm³/mol. The summed E-state index contributed by atoms with van der Waals surface area (Å²) in [6, 6.07) is 9.05. The number of hydrogen-bond acceptors (Lipinski definition) is 4. The van der Waals surface area contributed by atoms with Crippen LogP contribution in [0.5, 0.6) is 0 Å². The van der Waals surface area contributed by atoms with Gasteiger partial charge in [0.25, 0.3) is 0 Å². The molecule has 0 saturated heterocycles. The van der Waals surface area contributed by atoms with Crippen LogP contribution in [0, 0.1) is 5.82 Å². The zero-order valence-corrected chi connectivity index (χ0v) is 11.3. The number of thioether (sulfide) groups is 1. The first kappa shape index (κ1) is 13.8. The molecule has 2 N–H and O–H groups in total. The lowest BCUT2D eigenvalue weighted by Crippen LogP contribution is -2.05. The van der Waals surface area contributed by atoms with Gasteiger partial charge in [-0.15, -0.1) is 0 Å². The number of benzene rings is 1. The van der Waals surface area contributed by atoms with E-state index in [9.17, 15) is 9.18 Å². The van der Waals surface area contributed by atoms with Crippen molar-refractivity contribution in [3.63, 3.8) is 0 Å². The third kappa shape index (κ3) is 3.45. The van der Waals surface area contributed by atoms with Crippen LogP contribution in [0.4, 0.5) is 10.1 Å². The Morgan fingerprint density at radius 1 is 1.32 bits per heavy atom. The normalized spacial score (nSPS) is 10.4. The van der Waals surface area contributed by atoms with E-state index >= 15 is 0 Å². The van der Waals surface area contributed by atoms with E-state index in [1.165, 1.54) is 18.2 Å². The molecule has 19 heavy (non-hydrogen) atoms. The van der Waals surface area contributed by atoms with Gasteiger partial charge >= 0.3 is 0 Å². The molecule has 2 aromatic rings. The molecule has 1 heterocycles. The van der Waals surface area contributed by atoms with Crippen molar-refractivity contribution in [1.29, 1.82) is 0 Å². The highest BCUT2D eigenvalue weighted by atomic mass is 35.5. The minimum absolute atomic E-state index is 0.0540. The molecule has 0 fully saturated rings. The Balaban J connectivity index is 2.09. The summed E-state index contributed by atoms with van der Waals surface area (Å²) in [4.78, 5) is 15.9. The second-order valence-electron chi connectivity index (χ2n) is 3.72. The molecule has 1 aromatic heterocycles. The topological polar surface area (TPSA) is 56.0 Å². The van der Waals surface area contributed by atoms with Crippen LogP contribution in [-0.2, 0) is 0 Å². The van der Waals surface area contributed by atoms with Crippen molar-refractivity contribution in [2.75, 3.05) is 11.5 Å². The summed E-state index contributed by atoms with van der Waals surface area (Å²) in [5.41, 5.74) is 6.22. The maximum absolute atomic E-state index is 13.4. The molecule has 0 amide bonds. The molecule has 0 unspecified atom stereocenters. The number of pyridine rings is 1. The number of nitrogen functional groups attached to an aromatic ring is 1. The van der Waals surface area contributed by atoms with Crippen molar-refractivity contribution < 1.29 is 9.18 Å². The highest BCUT2D eigenvalue weighted by Gasteiger charge is 2.12. The van der Waals surface area contributed by atoms with Crippen molar-refractivity contribution >= 4 is 34.8 Å². The Morgan fingerprint density at radius 3 is 2.79 bits per heavy atom. The lowest BCUT2D eigenvalue weighted by molar-refractivity contribution is 0.101. The maximum Gasteiger partial charge on any atom is 0.176 e. The fraction of sp³-hybridized carbons (Fsp3) is 0.0769. The van der Waals surface area contributed by atoms with Crippen molar-refractivity contribution in [3.05, 3.63) is 52.9 Å². The number of rotatable bonds is 4. The Labute approximate surface area is 119 Å². The van der Waals surface area contributed by atoms with Gasteiger partial charge in [0.2, 0.25) is 0 Å². The van der Waals surface area contributed by atoms with Crippen LogP contribution in [0.3, 0.4) is 0 Å². The Bertz CT molecular complexity index is 621. The first-order valence-electron chi connectivity index (χ1n) is 5.40. The van der Waals surface area contributed by atoms with Gasteiger partial charge in [-0.1, -0.05) is 35.5 Å². The second-order valence-corrected chi connectivity index (χ2v) is 5.07. The van der Waals surface area contributed by atoms with Gasteiger partial charge in [0.15, 0.2) is 5.78 Å². The van der Waals surface area contributed by atoms with Crippen LogP contribution in [-0.4, -0.2) is 16.5 Å². The molecule has 0 aliphatic heterocycles. The minimum Gasteiger partial charge on any atom is -0.397 e. The Hall–Kier alpha value is -1.59. The van der Waals surface area contributed by atoms with Gasteiger partial charge in [0, 0.05) is 0 Å². The van der Waals surface area contributed by atoms with Crippen molar-refractivity contribution in [1.82, 2.24) is 4.98 Å². The van der Waals surface area contributed by atoms with E-state index in [1.54, 1.807) is 18.2 Å². The maximum atomic E-state index is 13.4. The van der Waals surface area contributed by atoms with Gasteiger partial charge in [0.05, 0.1) is 17.0 Å². The van der Waals surface area contributed by atoms with Gasteiger partial charge in [0.1, 0.15) is 16.0 Å². The van der Waals surface area contributed by atoms with Gasteiger partial charge in [-0.05, 0) is 24.3 Å². The van der Waals surface area contributed by atoms with Gasteiger partial charge < -0.3 is 5.73 Å². The van der Waals surface area contributed by atoms with E-state index in [4.69, 9.17) is 17.3 Å². The molecular weight excluding hydrogens is 287 g/mol. The predicted octanol–water partition coefficient (Wildman–Crippen LogP) is 3.43. The molecule has 0 bridgehead atoms. The zero-order chi connectivity index (χ0) is 13.8. The number of carbonyl (C=O) groups is 1. The summed E-state index contributed by atoms with van der Waals surface area (Å²) in [5.74, 6) is -0.789. The van der Waals surface area contributed by atoms with Crippen LogP contribution >= 0.6 is 23.4 Å². The van der Waals surface area contributed by atoms with Crippen LogP contribution < -0.4 is 5.73 Å². The Morgan fingerprint density at radius 2 is 2.05 bits per heavy atom. The van der Waals surface area contributed by atoms with Crippen molar-refractivity contribution in [3.8, 4) is 0 Å². The third-order valence-electron chi connectivity index (χ3n) is 2.37. The summed E-state index contributed by atoms with van der Waals surface area (Å²) in [7, 11) is 0. The first-order chi connectivity index (χ1) is 9.08. The number of nitrogens with zero attached hydrogens (tertiary/aromatic N) is 1. The smallest absolute Gasteiger partial charge is 0.176 e. The molecule has 0 aliphatic rings. The largest absolute Gasteiger partial charge is 0.397 e. The summed E-state index contributed by atoms with van der Waals surface area (Å²) < 4.78 is 13.4. The van der Waals surface area contributed by atoms with Gasteiger partial charge in [-0.2, -0.15) is 0 Å². The first-order valence-corrected chi connectivity index (χ1v) is 6.77. The second kappa shape index (κ2) is 6.04. The summed E-state index contributed by atoms with van der Waals surface area (Å²) in [6.45, 7) is 0. The molecule has 0 radical (unpaired) electrons. The SMILES string of the molecule is Nc1ccc(Cl)nc1SCC(=O)c1ccccc1F. The van der Waals surface area contributed by atoms with E-state index in [-0.39, 0.29) is 17.1 Å². The molecule has 0 aliphatic carbocycles. The third-order valence-corrected chi connectivity index (χ3v) is 3.59.